The molecule has 0 saturated carbocycles. The normalized spacial score (nSPS) is 16.1. The Hall–Kier alpha value is -3.62. The molecule has 29 heavy (non-hydrogen) atoms. The Morgan fingerprint density at radius 3 is 2.66 bits per heavy atom. The van der Waals surface area contributed by atoms with Crippen molar-refractivity contribution in [2.45, 2.75) is 19.9 Å². The number of nitrogens with one attached hydrogen (secondary N) is 3. The molecule has 9 heteroatoms. The van der Waals surface area contributed by atoms with Crippen LogP contribution in [0, 0.1) is 11.6 Å². The topological polar surface area (TPSA) is 99.7 Å². The number of ether oxygens (including phenoxy) is 1. The van der Waals surface area contributed by atoms with Gasteiger partial charge in [-0.05, 0) is 43.7 Å². The first-order valence-corrected chi connectivity index (χ1v) is 8.80. The highest BCUT2D eigenvalue weighted by Crippen LogP contribution is 2.34. The highest BCUT2D eigenvalue weighted by atomic mass is 19.2. The Balaban J connectivity index is 1.96. The van der Waals surface area contributed by atoms with Crippen molar-refractivity contribution in [1.82, 2.24) is 10.6 Å². The minimum Gasteiger partial charge on any atom is -0.504 e. The fourth-order valence-electron chi connectivity index (χ4n) is 3.00. The molecule has 0 fully saturated rings. The van der Waals surface area contributed by atoms with E-state index in [1.807, 2.05) is 0 Å². The maximum absolute atomic E-state index is 13.5. The Labute approximate surface area is 165 Å². The smallest absolute Gasteiger partial charge is 0.319 e. The molecule has 1 heterocycles. The lowest BCUT2D eigenvalue weighted by molar-refractivity contribution is -0.113. The number of phenolic OH excluding ortho intramolecular Hbond substituents is 1. The van der Waals surface area contributed by atoms with Gasteiger partial charge in [0.05, 0.1) is 18.2 Å². The van der Waals surface area contributed by atoms with Crippen LogP contribution in [0.25, 0.3) is 0 Å². The van der Waals surface area contributed by atoms with Gasteiger partial charge in [0.2, 0.25) is 0 Å². The number of anilines is 1. The van der Waals surface area contributed by atoms with Gasteiger partial charge >= 0.3 is 6.03 Å². The van der Waals surface area contributed by atoms with Crippen LogP contribution in [0.4, 0.5) is 19.3 Å². The van der Waals surface area contributed by atoms with Gasteiger partial charge in [-0.2, -0.15) is 0 Å². The third-order valence-corrected chi connectivity index (χ3v) is 4.31. The molecule has 0 unspecified atom stereocenters. The fourth-order valence-corrected chi connectivity index (χ4v) is 3.00. The molecule has 0 radical (unpaired) electrons. The Kier molecular flexibility index (Phi) is 5.67. The number of hydrogen-bond donors (Lipinski definition) is 4. The summed E-state index contributed by atoms with van der Waals surface area (Å²) in [5.74, 6) is -2.62. The van der Waals surface area contributed by atoms with E-state index in [1.54, 1.807) is 19.9 Å². The van der Waals surface area contributed by atoms with Crippen LogP contribution >= 0.6 is 0 Å². The number of rotatable bonds is 5. The van der Waals surface area contributed by atoms with Crippen molar-refractivity contribution in [3.8, 4) is 11.5 Å². The molecule has 0 saturated heterocycles. The zero-order chi connectivity index (χ0) is 21.1. The van der Waals surface area contributed by atoms with Crippen LogP contribution in [0.3, 0.4) is 0 Å². The van der Waals surface area contributed by atoms with E-state index in [4.69, 9.17) is 4.74 Å². The SMILES string of the molecule is CCOc1cc([C@H]2NC(=O)NC(C)=C2C(=O)Nc2ccc(F)c(F)c2)ccc1O. The number of hydrogen-bond acceptors (Lipinski definition) is 4. The highest BCUT2D eigenvalue weighted by Gasteiger charge is 2.31. The molecule has 1 aliphatic rings. The summed E-state index contributed by atoms with van der Waals surface area (Å²) in [6.07, 6.45) is 0. The Bertz CT molecular complexity index is 1010. The van der Waals surface area contributed by atoms with Crippen LogP contribution in [0.15, 0.2) is 47.7 Å². The monoisotopic (exact) mass is 403 g/mol. The van der Waals surface area contributed by atoms with Crippen molar-refractivity contribution in [2.75, 3.05) is 11.9 Å². The van der Waals surface area contributed by atoms with Gasteiger partial charge < -0.3 is 25.8 Å². The molecule has 152 valence electrons. The summed E-state index contributed by atoms with van der Waals surface area (Å²) in [7, 11) is 0. The molecule has 0 spiro atoms. The van der Waals surface area contributed by atoms with Gasteiger partial charge in [-0.3, -0.25) is 4.79 Å². The van der Waals surface area contributed by atoms with Crippen molar-refractivity contribution < 1.29 is 28.2 Å². The molecule has 0 aromatic heterocycles. The van der Waals surface area contributed by atoms with Gasteiger partial charge in [0.15, 0.2) is 23.1 Å². The zero-order valence-electron chi connectivity index (χ0n) is 15.7. The van der Waals surface area contributed by atoms with Crippen molar-refractivity contribution in [3.63, 3.8) is 0 Å². The molecule has 1 aliphatic heterocycles. The standard InChI is InChI=1S/C20H19F2N3O4/c1-3-29-16-8-11(4-7-15(16)26)18-17(10(2)23-20(28)25-18)19(27)24-12-5-6-13(21)14(22)9-12/h4-9,18,26H,3H2,1-2H3,(H,24,27)(H2,23,25,28)/t18-/m1/s1. The number of benzene rings is 2. The number of halogens is 2. The summed E-state index contributed by atoms with van der Waals surface area (Å²) in [5, 5.41) is 17.6. The summed E-state index contributed by atoms with van der Waals surface area (Å²) in [4.78, 5) is 24.9. The molecule has 3 rings (SSSR count). The van der Waals surface area contributed by atoms with Gasteiger partial charge in [0.25, 0.3) is 5.91 Å². The first kappa shape index (κ1) is 20.1. The quantitative estimate of drug-likeness (QED) is 0.615. The van der Waals surface area contributed by atoms with Crippen LogP contribution in [0.1, 0.15) is 25.5 Å². The second-order valence-corrected chi connectivity index (χ2v) is 6.31. The van der Waals surface area contributed by atoms with E-state index in [1.165, 1.54) is 18.2 Å². The minimum atomic E-state index is -1.10. The molecular formula is C20H19F2N3O4. The first-order chi connectivity index (χ1) is 13.8. The number of aromatic hydroxyl groups is 1. The van der Waals surface area contributed by atoms with E-state index in [0.717, 1.165) is 12.1 Å². The van der Waals surface area contributed by atoms with E-state index in [0.29, 0.717) is 17.9 Å². The minimum absolute atomic E-state index is 0.0607. The molecular weight excluding hydrogens is 384 g/mol. The van der Waals surface area contributed by atoms with Gasteiger partial charge in [0, 0.05) is 17.5 Å². The molecule has 4 N–H and O–H groups in total. The van der Waals surface area contributed by atoms with Crippen LogP contribution in [-0.4, -0.2) is 23.7 Å². The molecule has 2 aromatic rings. The summed E-state index contributed by atoms with van der Waals surface area (Å²) in [5.41, 5.74) is 1.02. The summed E-state index contributed by atoms with van der Waals surface area (Å²) in [6, 6.07) is 6.09. The van der Waals surface area contributed by atoms with E-state index < -0.39 is 29.6 Å². The van der Waals surface area contributed by atoms with E-state index in [2.05, 4.69) is 16.0 Å². The van der Waals surface area contributed by atoms with Gasteiger partial charge in [-0.15, -0.1) is 0 Å². The average molecular weight is 403 g/mol. The van der Waals surface area contributed by atoms with Crippen LogP contribution in [0.5, 0.6) is 11.5 Å². The van der Waals surface area contributed by atoms with Crippen molar-refractivity contribution in [2.24, 2.45) is 0 Å². The summed E-state index contributed by atoms with van der Waals surface area (Å²) >= 11 is 0. The van der Waals surface area contributed by atoms with E-state index >= 15 is 0 Å². The predicted molar refractivity (Wildman–Crippen MR) is 101 cm³/mol. The fraction of sp³-hybridized carbons (Fsp3) is 0.200. The van der Waals surface area contributed by atoms with Gasteiger partial charge in [-0.25, -0.2) is 13.6 Å². The molecule has 3 amide bonds. The second-order valence-electron chi connectivity index (χ2n) is 6.31. The zero-order valence-corrected chi connectivity index (χ0v) is 15.7. The van der Waals surface area contributed by atoms with Crippen molar-refractivity contribution >= 4 is 17.6 Å². The van der Waals surface area contributed by atoms with Gasteiger partial charge in [0.1, 0.15) is 0 Å². The number of carbonyl (C=O) groups excluding carboxylic acids is 2. The first-order valence-electron chi connectivity index (χ1n) is 8.80. The van der Waals surface area contributed by atoms with Gasteiger partial charge in [-0.1, -0.05) is 6.07 Å². The largest absolute Gasteiger partial charge is 0.504 e. The molecule has 0 aliphatic carbocycles. The second kappa shape index (κ2) is 8.17. The lowest BCUT2D eigenvalue weighted by atomic mass is 9.94. The number of phenols is 1. The van der Waals surface area contributed by atoms with Crippen LogP contribution in [0.2, 0.25) is 0 Å². The maximum Gasteiger partial charge on any atom is 0.319 e. The Morgan fingerprint density at radius 2 is 1.97 bits per heavy atom. The molecule has 1 atom stereocenters. The third kappa shape index (κ3) is 4.29. The Morgan fingerprint density at radius 1 is 1.21 bits per heavy atom. The van der Waals surface area contributed by atoms with E-state index in [-0.39, 0.29) is 22.8 Å². The van der Waals surface area contributed by atoms with Crippen molar-refractivity contribution in [3.05, 3.63) is 64.9 Å². The number of urea groups is 1. The lowest BCUT2D eigenvalue weighted by Gasteiger charge is -2.29. The average Bonchev–Trinajstić information content (AvgIpc) is 2.66. The van der Waals surface area contributed by atoms with E-state index in [9.17, 15) is 23.5 Å². The summed E-state index contributed by atoms with van der Waals surface area (Å²) in [6.45, 7) is 3.62. The van der Waals surface area contributed by atoms with Crippen LogP contribution < -0.4 is 20.7 Å². The third-order valence-electron chi connectivity index (χ3n) is 4.31. The predicted octanol–water partition coefficient (Wildman–Crippen LogP) is 3.34. The van der Waals surface area contributed by atoms with Crippen LogP contribution in [-0.2, 0) is 4.79 Å². The number of carbonyl (C=O) groups is 2. The molecule has 0 bridgehead atoms. The molecule has 7 nitrogen and oxygen atoms in total. The number of allylic oxidation sites excluding steroid dienone is 1. The van der Waals surface area contributed by atoms with Crippen molar-refractivity contribution in [1.29, 1.82) is 0 Å². The molecule has 2 aromatic carbocycles. The lowest BCUT2D eigenvalue weighted by Crippen LogP contribution is -2.46. The maximum atomic E-state index is 13.5. The number of amides is 3. The summed E-state index contributed by atoms with van der Waals surface area (Å²) < 4.78 is 31.9. The highest BCUT2D eigenvalue weighted by molar-refractivity contribution is 6.06.